The standard InChI is InChI=1S/C9H9NO4/c11-7(2-4-9(13)14)6-1-3-8(12)10-5-6/h1,3,5H,2,4H2,(H,10,12)(H,13,14)/p-1. The van der Waals surface area contributed by atoms with Crippen molar-refractivity contribution in [2.24, 2.45) is 0 Å². The number of hydrogen-bond donors (Lipinski definition) is 1. The average Bonchev–Trinajstić information content (AvgIpc) is 2.15. The van der Waals surface area contributed by atoms with Gasteiger partial charge in [-0.25, -0.2) is 0 Å². The number of carbonyl (C=O) groups is 2. The quantitative estimate of drug-likeness (QED) is 0.628. The number of pyridine rings is 1. The largest absolute Gasteiger partial charge is 0.550 e. The molecule has 0 aliphatic carbocycles. The minimum atomic E-state index is -1.26. The number of Topliss-reactive ketones (excluding diaryl/α,β-unsaturated/α-hetero) is 1. The lowest BCUT2D eigenvalue weighted by Crippen LogP contribution is -2.22. The van der Waals surface area contributed by atoms with Crippen LogP contribution in [0.2, 0.25) is 0 Å². The first kappa shape index (κ1) is 10.2. The maximum absolute atomic E-state index is 11.2. The van der Waals surface area contributed by atoms with E-state index in [4.69, 9.17) is 0 Å². The third-order valence-corrected chi connectivity index (χ3v) is 1.66. The minimum Gasteiger partial charge on any atom is -0.550 e. The van der Waals surface area contributed by atoms with E-state index in [2.05, 4.69) is 4.98 Å². The molecule has 0 aromatic carbocycles. The van der Waals surface area contributed by atoms with E-state index in [0.717, 1.165) is 0 Å². The highest BCUT2D eigenvalue weighted by molar-refractivity contribution is 5.96. The second-order valence-corrected chi connectivity index (χ2v) is 2.74. The number of carbonyl (C=O) groups excluding carboxylic acids is 2. The Bertz CT molecular complexity index is 387. The van der Waals surface area contributed by atoms with Crippen molar-refractivity contribution >= 4 is 11.8 Å². The van der Waals surface area contributed by atoms with E-state index in [1.807, 2.05) is 0 Å². The Balaban J connectivity index is 2.65. The van der Waals surface area contributed by atoms with E-state index in [1.54, 1.807) is 0 Å². The van der Waals surface area contributed by atoms with Gasteiger partial charge in [-0.1, -0.05) is 0 Å². The Hall–Kier alpha value is -1.91. The number of aromatic nitrogens is 1. The fourth-order valence-electron chi connectivity index (χ4n) is 0.944. The number of aliphatic carboxylic acids is 1. The van der Waals surface area contributed by atoms with Crippen LogP contribution >= 0.6 is 0 Å². The zero-order valence-corrected chi connectivity index (χ0v) is 7.28. The molecule has 0 atom stereocenters. The predicted molar refractivity (Wildman–Crippen MR) is 45.6 cm³/mol. The van der Waals surface area contributed by atoms with Gasteiger partial charge >= 0.3 is 0 Å². The molecule has 5 heteroatoms. The lowest BCUT2D eigenvalue weighted by molar-refractivity contribution is -0.305. The van der Waals surface area contributed by atoms with Crippen molar-refractivity contribution in [3.63, 3.8) is 0 Å². The zero-order chi connectivity index (χ0) is 10.6. The highest BCUT2D eigenvalue weighted by atomic mass is 16.4. The van der Waals surface area contributed by atoms with Gasteiger partial charge in [0.25, 0.3) is 0 Å². The van der Waals surface area contributed by atoms with Gasteiger partial charge in [-0.3, -0.25) is 9.59 Å². The van der Waals surface area contributed by atoms with Crippen molar-refractivity contribution in [1.82, 2.24) is 4.98 Å². The van der Waals surface area contributed by atoms with Crippen LogP contribution in [0.25, 0.3) is 0 Å². The first-order valence-electron chi connectivity index (χ1n) is 4.01. The molecule has 0 unspecified atom stereocenters. The van der Waals surface area contributed by atoms with Crippen molar-refractivity contribution in [1.29, 1.82) is 0 Å². The third kappa shape index (κ3) is 2.85. The van der Waals surface area contributed by atoms with E-state index < -0.39 is 5.97 Å². The van der Waals surface area contributed by atoms with Gasteiger partial charge in [0, 0.05) is 30.2 Å². The second kappa shape index (κ2) is 4.36. The van der Waals surface area contributed by atoms with Gasteiger partial charge in [0.1, 0.15) is 0 Å². The molecule has 0 aliphatic heterocycles. The molecule has 14 heavy (non-hydrogen) atoms. The molecule has 0 radical (unpaired) electrons. The normalized spacial score (nSPS) is 9.71. The Morgan fingerprint density at radius 3 is 2.50 bits per heavy atom. The molecule has 74 valence electrons. The molecule has 0 saturated heterocycles. The lowest BCUT2D eigenvalue weighted by Gasteiger charge is -2.00. The van der Waals surface area contributed by atoms with Gasteiger partial charge in [-0.2, -0.15) is 0 Å². The molecule has 1 aromatic heterocycles. The minimum absolute atomic E-state index is 0.117. The van der Waals surface area contributed by atoms with Crippen LogP contribution in [0.15, 0.2) is 23.1 Å². The van der Waals surface area contributed by atoms with Crippen LogP contribution in [-0.4, -0.2) is 16.7 Å². The molecule has 1 rings (SSSR count). The number of carboxylic acids is 1. The topological polar surface area (TPSA) is 90.1 Å². The predicted octanol–water partition coefficient (Wildman–Crippen LogP) is -0.912. The van der Waals surface area contributed by atoms with Gasteiger partial charge in [-0.05, 0) is 12.5 Å². The monoisotopic (exact) mass is 194 g/mol. The molecule has 0 bridgehead atoms. The van der Waals surface area contributed by atoms with Crippen LogP contribution in [0, 0.1) is 0 Å². The summed E-state index contributed by atoms with van der Waals surface area (Å²) in [4.78, 5) is 34.3. The van der Waals surface area contributed by atoms with Crippen molar-refractivity contribution in [3.05, 3.63) is 34.2 Å². The molecule has 0 saturated carbocycles. The summed E-state index contributed by atoms with van der Waals surface area (Å²) in [5.74, 6) is -1.59. The number of ketones is 1. The van der Waals surface area contributed by atoms with Gasteiger partial charge in [0.2, 0.25) is 5.56 Å². The SMILES string of the molecule is O=C([O-])CCC(=O)c1ccc(=O)[nH]c1. The molecule has 0 amide bonds. The fraction of sp³-hybridized carbons (Fsp3) is 0.222. The summed E-state index contributed by atoms with van der Waals surface area (Å²) >= 11 is 0. The maximum Gasteiger partial charge on any atom is 0.247 e. The molecule has 5 nitrogen and oxygen atoms in total. The molecule has 0 fully saturated rings. The summed E-state index contributed by atoms with van der Waals surface area (Å²) in [7, 11) is 0. The van der Waals surface area contributed by atoms with Gasteiger partial charge in [0.05, 0.1) is 0 Å². The molecular weight excluding hydrogens is 186 g/mol. The van der Waals surface area contributed by atoms with E-state index in [9.17, 15) is 19.5 Å². The van der Waals surface area contributed by atoms with Gasteiger partial charge in [0.15, 0.2) is 5.78 Å². The smallest absolute Gasteiger partial charge is 0.247 e. The number of H-pyrrole nitrogens is 1. The molecule has 1 heterocycles. The second-order valence-electron chi connectivity index (χ2n) is 2.74. The van der Waals surface area contributed by atoms with Gasteiger partial charge in [-0.15, -0.1) is 0 Å². The van der Waals surface area contributed by atoms with Crippen LogP contribution in [0.4, 0.5) is 0 Å². The van der Waals surface area contributed by atoms with Crippen LogP contribution in [0.5, 0.6) is 0 Å². The maximum atomic E-state index is 11.2. The van der Waals surface area contributed by atoms with Crippen LogP contribution in [0.3, 0.4) is 0 Å². The van der Waals surface area contributed by atoms with E-state index in [1.165, 1.54) is 18.3 Å². The van der Waals surface area contributed by atoms with Gasteiger partial charge < -0.3 is 14.9 Å². The summed E-state index contributed by atoms with van der Waals surface area (Å²) in [6.07, 6.45) is 0.840. The average molecular weight is 194 g/mol. The summed E-state index contributed by atoms with van der Waals surface area (Å²) in [6, 6.07) is 2.57. The van der Waals surface area contributed by atoms with E-state index in [-0.39, 0.29) is 24.2 Å². The van der Waals surface area contributed by atoms with E-state index >= 15 is 0 Å². The summed E-state index contributed by atoms with van der Waals surface area (Å²) in [5, 5.41) is 10.1. The number of aromatic amines is 1. The first-order valence-corrected chi connectivity index (χ1v) is 4.01. The number of carboxylic acid groups (broad SMARTS) is 1. The van der Waals surface area contributed by atoms with Crippen molar-refractivity contribution in [2.45, 2.75) is 12.8 Å². The van der Waals surface area contributed by atoms with Crippen molar-refractivity contribution < 1.29 is 14.7 Å². The fourth-order valence-corrected chi connectivity index (χ4v) is 0.944. The molecule has 1 aromatic rings. The zero-order valence-electron chi connectivity index (χ0n) is 7.28. The van der Waals surface area contributed by atoms with Crippen LogP contribution in [0.1, 0.15) is 23.2 Å². The van der Waals surface area contributed by atoms with Crippen molar-refractivity contribution in [3.8, 4) is 0 Å². The molecular formula is C9H8NO4-. The summed E-state index contributed by atoms with van der Waals surface area (Å²) < 4.78 is 0. The molecule has 0 aliphatic rings. The molecule has 0 spiro atoms. The number of nitrogens with one attached hydrogen (secondary N) is 1. The first-order chi connectivity index (χ1) is 6.59. The van der Waals surface area contributed by atoms with E-state index in [0.29, 0.717) is 5.56 Å². The highest BCUT2D eigenvalue weighted by Crippen LogP contribution is 2.01. The third-order valence-electron chi connectivity index (χ3n) is 1.66. The summed E-state index contributed by atoms with van der Waals surface area (Å²) in [5.41, 5.74) is -0.00713. The Morgan fingerprint density at radius 1 is 1.29 bits per heavy atom. The molecule has 1 N–H and O–H groups in total. The number of rotatable bonds is 4. The summed E-state index contributed by atoms with van der Waals surface area (Å²) in [6.45, 7) is 0. The lowest BCUT2D eigenvalue weighted by atomic mass is 10.1. The van der Waals surface area contributed by atoms with Crippen molar-refractivity contribution in [2.75, 3.05) is 0 Å². The Kier molecular flexibility index (Phi) is 3.17. The van der Waals surface area contributed by atoms with Crippen LogP contribution < -0.4 is 10.7 Å². The Labute approximate surface area is 79.4 Å². The highest BCUT2D eigenvalue weighted by Gasteiger charge is 2.04. The Morgan fingerprint density at radius 2 is 2.00 bits per heavy atom. The van der Waals surface area contributed by atoms with Crippen LogP contribution in [-0.2, 0) is 4.79 Å². The number of hydrogen-bond acceptors (Lipinski definition) is 4.